The Labute approximate surface area is 135 Å². The summed E-state index contributed by atoms with van der Waals surface area (Å²) in [5.74, 6) is 0.544. The Hall–Kier alpha value is -1.51. The summed E-state index contributed by atoms with van der Waals surface area (Å²) in [4.78, 5) is 18.6. The molecule has 1 saturated heterocycles. The van der Waals surface area contributed by atoms with Gasteiger partial charge in [-0.2, -0.15) is 13.2 Å². The minimum absolute atomic E-state index is 0.0349. The Morgan fingerprint density at radius 2 is 2.04 bits per heavy atom. The zero-order valence-corrected chi connectivity index (χ0v) is 13.9. The smallest absolute Gasteiger partial charge is 0.357 e. The molecule has 9 heteroatoms. The van der Waals surface area contributed by atoms with Crippen molar-refractivity contribution < 1.29 is 18.0 Å². The van der Waals surface area contributed by atoms with E-state index in [0.717, 1.165) is 6.42 Å². The molecular weight excluding hydrogens is 311 g/mol. The van der Waals surface area contributed by atoms with Crippen molar-refractivity contribution in [1.82, 2.24) is 20.4 Å². The SMILES string of the molecule is CCNC(=NCC(=O)N(C)C)NCC1CCN(CC(F)(F)F)C1. The van der Waals surface area contributed by atoms with Crippen LogP contribution < -0.4 is 10.6 Å². The molecule has 134 valence electrons. The highest BCUT2D eigenvalue weighted by Crippen LogP contribution is 2.22. The van der Waals surface area contributed by atoms with Crippen molar-refractivity contribution in [3.63, 3.8) is 0 Å². The topological polar surface area (TPSA) is 60.0 Å². The summed E-state index contributed by atoms with van der Waals surface area (Å²) in [5, 5.41) is 6.13. The average molecular weight is 337 g/mol. The lowest BCUT2D eigenvalue weighted by Gasteiger charge is -2.18. The van der Waals surface area contributed by atoms with Gasteiger partial charge in [0.25, 0.3) is 0 Å². The van der Waals surface area contributed by atoms with E-state index in [-0.39, 0.29) is 18.4 Å². The maximum absolute atomic E-state index is 12.4. The van der Waals surface area contributed by atoms with E-state index < -0.39 is 12.7 Å². The Morgan fingerprint density at radius 1 is 1.35 bits per heavy atom. The summed E-state index contributed by atoms with van der Waals surface area (Å²) in [5.41, 5.74) is 0. The van der Waals surface area contributed by atoms with Gasteiger partial charge in [0.1, 0.15) is 6.54 Å². The molecule has 0 aromatic carbocycles. The van der Waals surface area contributed by atoms with E-state index in [9.17, 15) is 18.0 Å². The van der Waals surface area contributed by atoms with Gasteiger partial charge in [0.15, 0.2) is 5.96 Å². The molecule has 1 aliphatic rings. The first-order chi connectivity index (χ1) is 10.7. The Balaban J connectivity index is 2.41. The monoisotopic (exact) mass is 337 g/mol. The summed E-state index contributed by atoms with van der Waals surface area (Å²) in [6.45, 7) is 3.15. The number of rotatable bonds is 6. The fourth-order valence-corrected chi connectivity index (χ4v) is 2.35. The number of hydrogen-bond acceptors (Lipinski definition) is 3. The minimum Gasteiger partial charge on any atom is -0.357 e. The van der Waals surface area contributed by atoms with Gasteiger partial charge in [-0.25, -0.2) is 4.99 Å². The standard InChI is InChI=1S/C14H26F3N5O/c1-4-18-13(20-8-12(23)21(2)3)19-7-11-5-6-22(9-11)10-14(15,16)17/h11H,4-10H2,1-3H3,(H2,18,19,20). The molecule has 0 aromatic heterocycles. The number of alkyl halides is 3. The molecule has 0 aromatic rings. The normalized spacial score (nSPS) is 19.7. The molecule has 0 aliphatic carbocycles. The molecule has 0 bridgehead atoms. The van der Waals surface area contributed by atoms with E-state index in [1.807, 2.05) is 6.92 Å². The summed E-state index contributed by atoms with van der Waals surface area (Å²) < 4.78 is 37.1. The fraction of sp³-hybridized carbons (Fsp3) is 0.857. The molecule has 0 saturated carbocycles. The zero-order valence-electron chi connectivity index (χ0n) is 13.9. The van der Waals surface area contributed by atoms with Gasteiger partial charge >= 0.3 is 6.18 Å². The fourth-order valence-electron chi connectivity index (χ4n) is 2.35. The van der Waals surface area contributed by atoms with Crippen LogP contribution in [0.3, 0.4) is 0 Å². The Bertz CT molecular complexity index is 412. The van der Waals surface area contributed by atoms with Crippen molar-refractivity contribution in [2.75, 3.05) is 53.4 Å². The summed E-state index contributed by atoms with van der Waals surface area (Å²) in [6.07, 6.45) is -3.43. The molecule has 1 amide bonds. The van der Waals surface area contributed by atoms with Crippen LogP contribution >= 0.6 is 0 Å². The number of carbonyl (C=O) groups is 1. The minimum atomic E-state index is -4.15. The molecule has 23 heavy (non-hydrogen) atoms. The van der Waals surface area contributed by atoms with Gasteiger partial charge in [-0.1, -0.05) is 0 Å². The number of halogens is 3. The number of likely N-dealkylation sites (tertiary alicyclic amines) is 1. The van der Waals surface area contributed by atoms with Gasteiger partial charge < -0.3 is 15.5 Å². The quantitative estimate of drug-likeness (QED) is 0.548. The van der Waals surface area contributed by atoms with Crippen LogP contribution in [0.25, 0.3) is 0 Å². The predicted octanol–water partition coefficient (Wildman–Crippen LogP) is 0.514. The maximum Gasteiger partial charge on any atom is 0.401 e. The van der Waals surface area contributed by atoms with Crippen LogP contribution in [0.2, 0.25) is 0 Å². The van der Waals surface area contributed by atoms with Crippen LogP contribution in [0.5, 0.6) is 0 Å². The van der Waals surface area contributed by atoms with Crippen LogP contribution in [0.15, 0.2) is 4.99 Å². The number of hydrogen-bond donors (Lipinski definition) is 2. The van der Waals surface area contributed by atoms with Crippen LogP contribution in [0.4, 0.5) is 13.2 Å². The van der Waals surface area contributed by atoms with Crippen molar-refractivity contribution in [3.05, 3.63) is 0 Å². The molecule has 1 rings (SSSR count). The van der Waals surface area contributed by atoms with Crippen molar-refractivity contribution in [2.24, 2.45) is 10.9 Å². The van der Waals surface area contributed by atoms with Gasteiger partial charge in [-0.05, 0) is 25.8 Å². The lowest BCUT2D eigenvalue weighted by Crippen LogP contribution is -2.41. The van der Waals surface area contributed by atoms with Crippen molar-refractivity contribution in [1.29, 1.82) is 0 Å². The third-order valence-electron chi connectivity index (χ3n) is 3.55. The van der Waals surface area contributed by atoms with Gasteiger partial charge in [0, 0.05) is 33.7 Å². The number of nitrogens with one attached hydrogen (secondary N) is 2. The highest BCUT2D eigenvalue weighted by molar-refractivity contribution is 5.84. The lowest BCUT2D eigenvalue weighted by molar-refractivity contribution is -0.143. The molecule has 1 aliphatic heterocycles. The summed E-state index contributed by atoms with van der Waals surface area (Å²) in [6, 6.07) is 0. The van der Waals surface area contributed by atoms with E-state index in [4.69, 9.17) is 0 Å². The van der Waals surface area contributed by atoms with Crippen LogP contribution in [0.1, 0.15) is 13.3 Å². The number of likely N-dealkylation sites (N-methyl/N-ethyl adjacent to an activating group) is 1. The van der Waals surface area contributed by atoms with E-state index in [1.54, 1.807) is 14.1 Å². The molecule has 1 unspecified atom stereocenters. The molecule has 0 spiro atoms. The first-order valence-electron chi connectivity index (χ1n) is 7.72. The molecule has 6 nitrogen and oxygen atoms in total. The molecule has 1 atom stereocenters. The van der Waals surface area contributed by atoms with E-state index in [0.29, 0.717) is 32.1 Å². The summed E-state index contributed by atoms with van der Waals surface area (Å²) >= 11 is 0. The van der Waals surface area contributed by atoms with E-state index in [1.165, 1.54) is 9.80 Å². The van der Waals surface area contributed by atoms with Gasteiger partial charge in [0.2, 0.25) is 5.91 Å². The van der Waals surface area contributed by atoms with Crippen molar-refractivity contribution >= 4 is 11.9 Å². The number of carbonyl (C=O) groups excluding carboxylic acids is 1. The second kappa shape index (κ2) is 8.95. The average Bonchev–Trinajstić information content (AvgIpc) is 2.86. The molecular formula is C14H26F3N5O. The highest BCUT2D eigenvalue weighted by atomic mass is 19.4. The van der Waals surface area contributed by atoms with Crippen LogP contribution in [0, 0.1) is 5.92 Å². The predicted molar refractivity (Wildman–Crippen MR) is 83.3 cm³/mol. The van der Waals surface area contributed by atoms with Gasteiger partial charge in [-0.15, -0.1) is 0 Å². The van der Waals surface area contributed by atoms with Crippen molar-refractivity contribution in [3.8, 4) is 0 Å². The summed E-state index contributed by atoms with van der Waals surface area (Å²) in [7, 11) is 3.32. The number of nitrogens with zero attached hydrogens (tertiary/aromatic N) is 3. The zero-order chi connectivity index (χ0) is 17.5. The van der Waals surface area contributed by atoms with Crippen LogP contribution in [-0.2, 0) is 4.79 Å². The molecule has 2 N–H and O–H groups in total. The van der Waals surface area contributed by atoms with Crippen LogP contribution in [-0.4, -0.2) is 81.2 Å². The Morgan fingerprint density at radius 3 is 2.61 bits per heavy atom. The third kappa shape index (κ3) is 8.06. The molecule has 1 heterocycles. The molecule has 1 fully saturated rings. The highest BCUT2D eigenvalue weighted by Gasteiger charge is 2.34. The lowest BCUT2D eigenvalue weighted by atomic mass is 10.1. The number of aliphatic imine (C=N–C) groups is 1. The first kappa shape index (κ1) is 19.5. The maximum atomic E-state index is 12.4. The number of guanidine groups is 1. The Kier molecular flexibility index (Phi) is 7.60. The second-order valence-electron chi connectivity index (χ2n) is 5.87. The van der Waals surface area contributed by atoms with E-state index in [2.05, 4.69) is 15.6 Å². The van der Waals surface area contributed by atoms with Gasteiger partial charge in [0.05, 0.1) is 6.54 Å². The number of amides is 1. The largest absolute Gasteiger partial charge is 0.401 e. The third-order valence-corrected chi connectivity index (χ3v) is 3.55. The van der Waals surface area contributed by atoms with E-state index >= 15 is 0 Å². The van der Waals surface area contributed by atoms with Crippen molar-refractivity contribution in [2.45, 2.75) is 19.5 Å². The van der Waals surface area contributed by atoms with Gasteiger partial charge in [-0.3, -0.25) is 9.69 Å². The first-order valence-corrected chi connectivity index (χ1v) is 7.72. The second-order valence-corrected chi connectivity index (χ2v) is 5.87. The molecule has 0 radical (unpaired) electrons.